The van der Waals surface area contributed by atoms with Crippen LogP contribution in [0.1, 0.15) is 0 Å². The van der Waals surface area contributed by atoms with Crippen LogP contribution in [0.5, 0.6) is 0 Å². The van der Waals surface area contributed by atoms with Crippen molar-refractivity contribution in [3.63, 3.8) is 0 Å². The Bertz CT molecular complexity index is 685. The van der Waals surface area contributed by atoms with E-state index in [4.69, 9.17) is 5.73 Å². The van der Waals surface area contributed by atoms with E-state index in [0.29, 0.717) is 12.4 Å². The lowest BCUT2D eigenvalue weighted by Crippen LogP contribution is -2.04. The highest BCUT2D eigenvalue weighted by molar-refractivity contribution is 5.82. The van der Waals surface area contributed by atoms with Crippen LogP contribution >= 0.6 is 0 Å². The van der Waals surface area contributed by atoms with E-state index in [9.17, 15) is 5.11 Å². The maximum atomic E-state index is 9.19. The van der Waals surface area contributed by atoms with E-state index in [1.165, 1.54) is 0 Å². The Morgan fingerprint density at radius 3 is 2.89 bits per heavy atom. The van der Waals surface area contributed by atoms with Crippen LogP contribution < -0.4 is 5.73 Å². The zero-order valence-electron chi connectivity index (χ0n) is 9.67. The van der Waals surface area contributed by atoms with Crippen molar-refractivity contribution in [2.75, 3.05) is 12.3 Å². The lowest BCUT2D eigenvalue weighted by Gasteiger charge is -2.06. The summed E-state index contributed by atoms with van der Waals surface area (Å²) < 4.78 is 1.94. The van der Waals surface area contributed by atoms with Gasteiger partial charge in [0.2, 0.25) is 0 Å². The fourth-order valence-corrected chi connectivity index (χ4v) is 2.08. The van der Waals surface area contributed by atoms with Crippen molar-refractivity contribution in [2.45, 2.75) is 6.54 Å². The number of aliphatic hydroxyl groups is 1. The number of anilines is 1. The molecule has 2 aromatic heterocycles. The molecule has 6 heteroatoms. The first-order valence-corrected chi connectivity index (χ1v) is 5.66. The summed E-state index contributed by atoms with van der Waals surface area (Å²) in [7, 11) is 0. The number of aromatic nitrogens is 4. The predicted octanol–water partition coefficient (Wildman–Crippen LogP) is 1.00. The molecule has 0 saturated heterocycles. The quantitative estimate of drug-likeness (QED) is 0.639. The fraction of sp³-hybridized carbons (Fsp3) is 0.167. The highest BCUT2D eigenvalue weighted by Gasteiger charge is 2.15. The third-order valence-corrected chi connectivity index (χ3v) is 2.89. The van der Waals surface area contributed by atoms with Gasteiger partial charge < -0.3 is 15.4 Å². The van der Waals surface area contributed by atoms with Gasteiger partial charge in [0, 0.05) is 6.54 Å². The Morgan fingerprint density at radius 1 is 1.33 bits per heavy atom. The number of fused-ring (bicyclic) bond motifs is 1. The molecule has 1 aromatic carbocycles. The van der Waals surface area contributed by atoms with Crippen molar-refractivity contribution < 1.29 is 5.11 Å². The highest BCUT2D eigenvalue weighted by atomic mass is 16.3. The minimum absolute atomic E-state index is 0.0467. The molecule has 0 aliphatic carbocycles. The molecule has 18 heavy (non-hydrogen) atoms. The first kappa shape index (κ1) is 10.8. The van der Waals surface area contributed by atoms with Gasteiger partial charge in [0.15, 0.2) is 0 Å². The van der Waals surface area contributed by atoms with Crippen molar-refractivity contribution in [1.82, 2.24) is 19.7 Å². The number of imidazole rings is 1. The molecule has 0 atom stereocenters. The maximum Gasteiger partial charge on any atom is 0.146 e. The van der Waals surface area contributed by atoms with Crippen LogP contribution in [-0.4, -0.2) is 31.5 Å². The van der Waals surface area contributed by atoms with Crippen LogP contribution in [0.15, 0.2) is 30.5 Å². The Balaban J connectivity index is 2.28. The SMILES string of the molecule is Nc1[nH]ncc1-c1nc2ccccc2n1CCO. The van der Waals surface area contributed by atoms with Gasteiger partial charge in [-0.05, 0) is 12.1 Å². The number of rotatable bonds is 3. The Hall–Kier alpha value is -2.34. The smallest absolute Gasteiger partial charge is 0.146 e. The third kappa shape index (κ3) is 1.54. The average Bonchev–Trinajstić information content (AvgIpc) is 2.94. The lowest BCUT2D eigenvalue weighted by molar-refractivity contribution is 0.278. The highest BCUT2D eigenvalue weighted by Crippen LogP contribution is 2.27. The molecule has 0 bridgehead atoms. The Kier molecular flexibility index (Phi) is 2.49. The van der Waals surface area contributed by atoms with E-state index in [2.05, 4.69) is 15.2 Å². The number of nitrogens with one attached hydrogen (secondary N) is 1. The summed E-state index contributed by atoms with van der Waals surface area (Å²) in [6.45, 7) is 0.519. The van der Waals surface area contributed by atoms with Gasteiger partial charge in [0.05, 0.1) is 29.4 Å². The largest absolute Gasteiger partial charge is 0.395 e. The minimum atomic E-state index is 0.0467. The summed E-state index contributed by atoms with van der Waals surface area (Å²) in [5, 5.41) is 15.8. The molecule has 0 spiro atoms. The molecule has 0 saturated carbocycles. The number of benzene rings is 1. The molecule has 3 aromatic rings. The number of hydrogen-bond acceptors (Lipinski definition) is 4. The van der Waals surface area contributed by atoms with Crippen LogP contribution in [-0.2, 0) is 6.54 Å². The molecule has 6 nitrogen and oxygen atoms in total. The van der Waals surface area contributed by atoms with Crippen LogP contribution in [0.25, 0.3) is 22.4 Å². The maximum absolute atomic E-state index is 9.19. The van der Waals surface area contributed by atoms with Crippen LogP contribution in [0.4, 0.5) is 5.82 Å². The predicted molar refractivity (Wildman–Crippen MR) is 68.8 cm³/mol. The van der Waals surface area contributed by atoms with E-state index in [-0.39, 0.29) is 6.61 Å². The van der Waals surface area contributed by atoms with E-state index in [1.807, 2.05) is 28.8 Å². The molecular formula is C12H13N5O. The number of nitrogens with two attached hydrogens (primary N) is 1. The number of hydrogen-bond donors (Lipinski definition) is 3. The average molecular weight is 243 g/mol. The summed E-state index contributed by atoms with van der Waals surface area (Å²) >= 11 is 0. The van der Waals surface area contributed by atoms with Crippen molar-refractivity contribution in [3.05, 3.63) is 30.5 Å². The summed E-state index contributed by atoms with van der Waals surface area (Å²) in [6, 6.07) is 7.78. The van der Waals surface area contributed by atoms with Gasteiger partial charge in [-0.2, -0.15) is 5.10 Å². The zero-order chi connectivity index (χ0) is 12.5. The minimum Gasteiger partial charge on any atom is -0.395 e. The first-order chi connectivity index (χ1) is 8.81. The third-order valence-electron chi connectivity index (χ3n) is 2.89. The van der Waals surface area contributed by atoms with E-state index in [0.717, 1.165) is 22.4 Å². The molecule has 0 aliphatic heterocycles. The van der Waals surface area contributed by atoms with Gasteiger partial charge >= 0.3 is 0 Å². The van der Waals surface area contributed by atoms with Crippen LogP contribution in [0, 0.1) is 0 Å². The normalized spacial score (nSPS) is 11.2. The molecule has 0 fully saturated rings. The van der Waals surface area contributed by atoms with Gasteiger partial charge in [0.25, 0.3) is 0 Å². The molecule has 2 heterocycles. The topological polar surface area (TPSA) is 92.8 Å². The molecule has 3 rings (SSSR count). The Labute approximate surface area is 103 Å². The van der Waals surface area contributed by atoms with Gasteiger partial charge in [-0.3, -0.25) is 5.10 Å². The number of H-pyrrole nitrogens is 1. The molecular weight excluding hydrogens is 230 g/mol. The Morgan fingerprint density at radius 2 is 2.17 bits per heavy atom. The van der Waals surface area contributed by atoms with Crippen LogP contribution in [0.2, 0.25) is 0 Å². The molecule has 0 unspecified atom stereocenters. The summed E-state index contributed by atoms with van der Waals surface area (Å²) in [5.74, 6) is 1.20. The monoisotopic (exact) mass is 243 g/mol. The van der Waals surface area contributed by atoms with E-state index in [1.54, 1.807) is 6.20 Å². The van der Waals surface area contributed by atoms with Gasteiger partial charge in [0.1, 0.15) is 11.6 Å². The lowest BCUT2D eigenvalue weighted by atomic mass is 10.3. The van der Waals surface area contributed by atoms with Gasteiger partial charge in [-0.1, -0.05) is 12.1 Å². The number of nitrogen functional groups attached to an aromatic ring is 1. The van der Waals surface area contributed by atoms with Crippen molar-refractivity contribution in [1.29, 1.82) is 0 Å². The molecule has 0 amide bonds. The summed E-state index contributed by atoms with van der Waals surface area (Å²) in [6.07, 6.45) is 1.64. The first-order valence-electron chi connectivity index (χ1n) is 5.66. The fourth-order valence-electron chi connectivity index (χ4n) is 2.08. The number of nitrogens with zero attached hydrogens (tertiary/aromatic N) is 3. The number of aliphatic hydroxyl groups excluding tert-OH is 1. The van der Waals surface area contributed by atoms with Crippen molar-refractivity contribution in [3.8, 4) is 11.4 Å². The summed E-state index contributed by atoms with van der Waals surface area (Å²) in [5.41, 5.74) is 8.43. The molecule has 92 valence electrons. The molecule has 0 radical (unpaired) electrons. The van der Waals surface area contributed by atoms with Crippen LogP contribution in [0.3, 0.4) is 0 Å². The standard InChI is InChI=1S/C12H13N5O/c13-11-8(7-14-16-11)12-15-9-3-1-2-4-10(9)17(12)5-6-18/h1-4,7,18H,5-6H2,(H3,13,14,16). The second-order valence-electron chi connectivity index (χ2n) is 4.00. The molecule has 0 aliphatic rings. The van der Waals surface area contributed by atoms with E-state index >= 15 is 0 Å². The van der Waals surface area contributed by atoms with Gasteiger partial charge in [-0.15, -0.1) is 0 Å². The zero-order valence-corrected chi connectivity index (χ0v) is 9.67. The number of aromatic amines is 1. The van der Waals surface area contributed by atoms with Gasteiger partial charge in [-0.25, -0.2) is 4.98 Å². The second kappa shape index (κ2) is 4.15. The molecule has 4 N–H and O–H groups in total. The van der Waals surface area contributed by atoms with E-state index < -0.39 is 0 Å². The van der Waals surface area contributed by atoms with Crippen molar-refractivity contribution >= 4 is 16.9 Å². The second-order valence-corrected chi connectivity index (χ2v) is 4.00. The number of para-hydroxylation sites is 2. The summed E-state index contributed by atoms with van der Waals surface area (Å²) in [4.78, 5) is 4.55. The van der Waals surface area contributed by atoms with Crippen molar-refractivity contribution in [2.24, 2.45) is 0 Å².